The van der Waals surface area contributed by atoms with Gasteiger partial charge in [-0.1, -0.05) is 0 Å². The van der Waals surface area contributed by atoms with Crippen LogP contribution in [0.3, 0.4) is 0 Å². The number of aromatic nitrogens is 3. The molecule has 8 heteroatoms. The van der Waals surface area contributed by atoms with Gasteiger partial charge in [0, 0.05) is 37.3 Å². The van der Waals surface area contributed by atoms with Gasteiger partial charge in [0.25, 0.3) is 0 Å². The number of rotatable bonds is 7. The van der Waals surface area contributed by atoms with Crippen molar-refractivity contribution >= 4 is 11.0 Å². The average molecular weight is 436 g/mol. The van der Waals surface area contributed by atoms with Crippen molar-refractivity contribution in [2.24, 2.45) is 0 Å². The molecule has 0 aromatic carbocycles. The van der Waals surface area contributed by atoms with E-state index >= 15 is 0 Å². The molecular formula is C24H29N5O3. The van der Waals surface area contributed by atoms with Crippen LogP contribution < -0.4 is 19.5 Å². The van der Waals surface area contributed by atoms with Crippen molar-refractivity contribution in [1.82, 2.24) is 25.2 Å². The smallest absolute Gasteiger partial charge is 0.179 e. The van der Waals surface area contributed by atoms with Gasteiger partial charge in [-0.25, -0.2) is 9.97 Å². The molecule has 0 amide bonds. The van der Waals surface area contributed by atoms with Crippen LogP contribution in [0.4, 0.5) is 0 Å². The highest BCUT2D eigenvalue weighted by Crippen LogP contribution is 2.33. The van der Waals surface area contributed by atoms with Gasteiger partial charge < -0.3 is 24.4 Å². The molecule has 5 heterocycles. The molecule has 0 spiro atoms. The second kappa shape index (κ2) is 9.67. The number of methoxy groups -OCH3 is 1. The first-order valence-corrected chi connectivity index (χ1v) is 11.3. The molecule has 0 saturated carbocycles. The molecule has 0 bridgehead atoms. The molecule has 32 heavy (non-hydrogen) atoms. The minimum atomic E-state index is 0.528. The van der Waals surface area contributed by atoms with Crippen LogP contribution in [0.25, 0.3) is 11.0 Å². The second-order valence-electron chi connectivity index (χ2n) is 8.26. The molecule has 1 fully saturated rings. The number of nitrogens with one attached hydrogen (secondary N) is 1. The molecule has 168 valence electrons. The molecule has 5 rings (SSSR count). The third kappa shape index (κ3) is 4.61. The van der Waals surface area contributed by atoms with E-state index in [0.717, 1.165) is 79.5 Å². The number of hydrogen-bond donors (Lipinski definition) is 1. The lowest BCUT2D eigenvalue weighted by Gasteiger charge is -2.32. The number of piperidine rings is 1. The Kier molecular flexibility index (Phi) is 6.31. The van der Waals surface area contributed by atoms with Crippen molar-refractivity contribution < 1.29 is 14.2 Å². The molecule has 0 unspecified atom stereocenters. The first kappa shape index (κ1) is 20.9. The highest BCUT2D eigenvalue weighted by molar-refractivity contribution is 5.80. The van der Waals surface area contributed by atoms with Crippen LogP contribution in [0.1, 0.15) is 30.0 Å². The Morgan fingerprint density at radius 3 is 2.75 bits per heavy atom. The first-order valence-electron chi connectivity index (χ1n) is 11.3. The van der Waals surface area contributed by atoms with E-state index in [4.69, 9.17) is 14.2 Å². The largest absolute Gasteiger partial charge is 0.495 e. The van der Waals surface area contributed by atoms with E-state index in [1.165, 1.54) is 5.56 Å². The summed E-state index contributed by atoms with van der Waals surface area (Å²) in [7, 11) is 1.68. The van der Waals surface area contributed by atoms with Crippen molar-refractivity contribution in [3.05, 3.63) is 48.0 Å². The van der Waals surface area contributed by atoms with E-state index in [0.29, 0.717) is 19.1 Å². The maximum absolute atomic E-state index is 5.64. The molecule has 0 aliphatic carbocycles. The van der Waals surface area contributed by atoms with Gasteiger partial charge in [-0.2, -0.15) is 0 Å². The van der Waals surface area contributed by atoms with Crippen molar-refractivity contribution in [2.45, 2.75) is 25.3 Å². The Morgan fingerprint density at radius 2 is 1.91 bits per heavy atom. The Balaban J connectivity index is 1.11. The molecule has 3 aromatic rings. The minimum Gasteiger partial charge on any atom is -0.495 e. The SMILES string of the molecule is COc1cnc2nccc(C3CCN(CCNCc4cc5c(cn4)OCCO5)CC3)c2c1. The zero-order valence-electron chi connectivity index (χ0n) is 18.4. The van der Waals surface area contributed by atoms with Gasteiger partial charge >= 0.3 is 0 Å². The summed E-state index contributed by atoms with van der Waals surface area (Å²) < 4.78 is 16.5. The van der Waals surface area contributed by atoms with Crippen molar-refractivity contribution in [1.29, 1.82) is 0 Å². The molecule has 3 aromatic heterocycles. The maximum Gasteiger partial charge on any atom is 0.179 e. The van der Waals surface area contributed by atoms with Crippen LogP contribution in [0, 0.1) is 0 Å². The Hall–Kier alpha value is -2.97. The Labute approximate surface area is 187 Å². The first-order chi connectivity index (χ1) is 15.8. The lowest BCUT2D eigenvalue weighted by atomic mass is 9.88. The molecule has 0 radical (unpaired) electrons. The molecule has 2 aliphatic heterocycles. The summed E-state index contributed by atoms with van der Waals surface area (Å²) in [6, 6.07) is 6.18. The fourth-order valence-electron chi connectivity index (χ4n) is 4.51. The summed E-state index contributed by atoms with van der Waals surface area (Å²) in [6.45, 7) is 6.06. The lowest BCUT2D eigenvalue weighted by Crippen LogP contribution is -2.37. The fraction of sp³-hybridized carbons (Fsp3) is 0.458. The van der Waals surface area contributed by atoms with Gasteiger partial charge in [0.2, 0.25) is 0 Å². The van der Waals surface area contributed by atoms with Crippen LogP contribution in [0.15, 0.2) is 36.8 Å². The van der Waals surface area contributed by atoms with Crippen molar-refractivity contribution in [3.63, 3.8) is 0 Å². The number of ether oxygens (including phenoxy) is 3. The van der Waals surface area contributed by atoms with Crippen LogP contribution >= 0.6 is 0 Å². The monoisotopic (exact) mass is 435 g/mol. The van der Waals surface area contributed by atoms with Crippen LogP contribution in [0.2, 0.25) is 0 Å². The molecule has 8 nitrogen and oxygen atoms in total. The van der Waals surface area contributed by atoms with Gasteiger partial charge in [-0.3, -0.25) is 4.98 Å². The summed E-state index contributed by atoms with van der Waals surface area (Å²) >= 11 is 0. The number of fused-ring (bicyclic) bond motifs is 2. The third-order valence-corrected chi connectivity index (χ3v) is 6.26. The van der Waals surface area contributed by atoms with Crippen LogP contribution in [0.5, 0.6) is 17.2 Å². The highest BCUT2D eigenvalue weighted by Gasteiger charge is 2.22. The zero-order chi connectivity index (χ0) is 21.8. The van der Waals surface area contributed by atoms with Gasteiger partial charge in [-0.05, 0) is 49.5 Å². The zero-order valence-corrected chi connectivity index (χ0v) is 18.4. The van der Waals surface area contributed by atoms with E-state index in [1.807, 2.05) is 12.3 Å². The summed E-state index contributed by atoms with van der Waals surface area (Å²) in [5.41, 5.74) is 3.10. The van der Waals surface area contributed by atoms with Gasteiger partial charge in [0.15, 0.2) is 17.1 Å². The Morgan fingerprint density at radius 1 is 1.06 bits per heavy atom. The summed E-state index contributed by atoms with van der Waals surface area (Å²) in [5, 5.41) is 4.61. The number of hydrogen-bond acceptors (Lipinski definition) is 8. The average Bonchev–Trinajstić information content (AvgIpc) is 2.86. The molecule has 0 atom stereocenters. The maximum atomic E-state index is 5.64. The fourth-order valence-corrected chi connectivity index (χ4v) is 4.51. The van der Waals surface area contributed by atoms with Gasteiger partial charge in [0.1, 0.15) is 19.0 Å². The predicted octanol–water partition coefficient (Wildman–Crippen LogP) is 2.77. The number of likely N-dealkylation sites (tertiary alicyclic amines) is 1. The molecule has 1 N–H and O–H groups in total. The van der Waals surface area contributed by atoms with Crippen LogP contribution in [-0.2, 0) is 6.54 Å². The highest BCUT2D eigenvalue weighted by atomic mass is 16.6. The summed E-state index contributed by atoms with van der Waals surface area (Å²) in [6.07, 6.45) is 7.64. The predicted molar refractivity (Wildman–Crippen MR) is 121 cm³/mol. The van der Waals surface area contributed by atoms with Crippen LogP contribution in [-0.4, -0.2) is 66.4 Å². The van der Waals surface area contributed by atoms with Gasteiger partial charge in [-0.15, -0.1) is 0 Å². The topological polar surface area (TPSA) is 81.6 Å². The Bertz CT molecular complexity index is 1070. The standard InChI is InChI=1S/C24H29N5O3/c1-30-19-13-21-20(2-5-26-24(21)28-15-19)17-3-7-29(8-4-17)9-6-25-14-18-12-22-23(16-27-18)32-11-10-31-22/h2,5,12-13,15-17,25H,3-4,6-11,14H2,1H3. The van der Waals surface area contributed by atoms with Gasteiger partial charge in [0.05, 0.1) is 25.2 Å². The quantitative estimate of drug-likeness (QED) is 0.568. The molecule has 2 aliphatic rings. The molecule has 1 saturated heterocycles. The molecular weight excluding hydrogens is 406 g/mol. The second-order valence-corrected chi connectivity index (χ2v) is 8.26. The third-order valence-electron chi connectivity index (χ3n) is 6.26. The van der Waals surface area contributed by atoms with E-state index < -0.39 is 0 Å². The van der Waals surface area contributed by atoms with E-state index in [-0.39, 0.29) is 0 Å². The number of nitrogens with zero attached hydrogens (tertiary/aromatic N) is 4. The number of pyridine rings is 3. The minimum absolute atomic E-state index is 0.528. The lowest BCUT2D eigenvalue weighted by molar-refractivity contribution is 0.170. The van der Waals surface area contributed by atoms with Crippen molar-refractivity contribution in [3.8, 4) is 17.2 Å². The van der Waals surface area contributed by atoms with E-state index in [1.54, 1.807) is 19.5 Å². The normalized spacial score (nSPS) is 16.9. The van der Waals surface area contributed by atoms with Crippen molar-refractivity contribution in [2.75, 3.05) is 46.5 Å². The van der Waals surface area contributed by atoms with E-state index in [2.05, 4.69) is 37.3 Å². The summed E-state index contributed by atoms with van der Waals surface area (Å²) in [4.78, 5) is 15.9. The van der Waals surface area contributed by atoms with E-state index in [9.17, 15) is 0 Å². The summed E-state index contributed by atoms with van der Waals surface area (Å²) in [5.74, 6) is 2.84.